The monoisotopic (exact) mass is 1050 g/mol. The van der Waals surface area contributed by atoms with E-state index in [1.807, 2.05) is 44.7 Å². The maximum atomic E-state index is 14.8. The van der Waals surface area contributed by atoms with E-state index in [1.54, 1.807) is 86.1 Å². The summed E-state index contributed by atoms with van der Waals surface area (Å²) < 4.78 is 54.2. The van der Waals surface area contributed by atoms with Crippen molar-refractivity contribution in [3.05, 3.63) is 47.3 Å². The molecular weight excluding hydrogens is 960 g/mol. The highest BCUT2D eigenvalue weighted by atomic mass is 19.1. The maximum Gasteiger partial charge on any atom is 0.309 e. The van der Waals surface area contributed by atoms with Gasteiger partial charge in [-0.25, -0.2) is 9.07 Å². The predicted octanol–water partition coefficient (Wildman–Crippen LogP) is 3.98. The van der Waals surface area contributed by atoms with Crippen LogP contribution in [0, 0.1) is 23.7 Å². The first-order valence-electron chi connectivity index (χ1n) is 26.5. The Hall–Kier alpha value is -3.25. The summed E-state index contributed by atoms with van der Waals surface area (Å²) in [7, 11) is 10.1. The highest BCUT2D eigenvalue weighted by Gasteiger charge is 2.55. The van der Waals surface area contributed by atoms with Gasteiger partial charge in [-0.2, -0.15) is 0 Å². The van der Waals surface area contributed by atoms with Gasteiger partial charge >= 0.3 is 5.97 Å². The molecule has 0 aliphatic carbocycles. The zero-order chi connectivity index (χ0) is 55.4. The molecule has 4 heterocycles. The summed E-state index contributed by atoms with van der Waals surface area (Å²) in [6.45, 7) is 17.8. The third kappa shape index (κ3) is 13.7. The van der Waals surface area contributed by atoms with Gasteiger partial charge in [-0.15, -0.1) is 5.10 Å². The molecule has 3 fully saturated rings. The number of carbonyl (C=O) groups excluding carboxylic acids is 2. The van der Waals surface area contributed by atoms with Gasteiger partial charge in [-0.1, -0.05) is 45.0 Å². The summed E-state index contributed by atoms with van der Waals surface area (Å²) in [6.07, 6.45) is -6.48. The normalized spacial score (nSPS) is 39.2. The number of cyclic esters (lactones) is 1. The second kappa shape index (κ2) is 25.5. The number of nitrogens with zero attached hydrogens (tertiary/aromatic N) is 6. The largest absolute Gasteiger partial charge is 0.459 e. The first-order valence-corrected chi connectivity index (χ1v) is 26.5. The second-order valence-electron chi connectivity index (χ2n) is 22.9. The van der Waals surface area contributed by atoms with E-state index in [4.69, 9.17) is 28.4 Å². The molecule has 74 heavy (non-hydrogen) atoms. The number of halogens is 1. The lowest BCUT2D eigenvalue weighted by atomic mass is 9.68. The number of hydrogen-bond donors (Lipinski definition) is 5. The summed E-state index contributed by atoms with van der Waals surface area (Å²) in [5, 5.41) is 68.9. The number of rotatable bonds is 15. The standard InChI is InChI=1S/C54H91FN6O13/c1-17-42-54(10,68)46(63)34(6)60(14)28-30(2)25-52(8,67)48(32(4)43(33(5)50(66)73-42)41-26-53(9,70-16)47(64)35(7)72-41)74-51-44(62)39(24-31(3)71-51)59(13)23-22-38-29-61(57-56-38)40(27-55)45(69-15)36-18-20-37(21-19-36)49(65)58(11)12/h18-21,29-35,39-48,51,62-64,67-68H,17,22-28H2,1-16H3/t30-,31-,32+,33-,34-,35+,39+,40-,41?,42-,43+,44-,45-,46-,47+,48-,51+,52-,53-,54-/m1/s1. The highest BCUT2D eigenvalue weighted by molar-refractivity contribution is 5.93. The maximum absolute atomic E-state index is 14.8. The zero-order valence-electron chi connectivity index (χ0n) is 46.9. The molecule has 1 amide bonds. The number of carbonyl (C=O) groups is 2. The van der Waals surface area contributed by atoms with Crippen LogP contribution in [0.25, 0.3) is 0 Å². The van der Waals surface area contributed by atoms with Crippen LogP contribution < -0.4 is 0 Å². The number of aliphatic hydroxyl groups excluding tert-OH is 3. The summed E-state index contributed by atoms with van der Waals surface area (Å²) in [5.41, 5.74) is -2.79. The van der Waals surface area contributed by atoms with E-state index < -0.39 is 127 Å². The summed E-state index contributed by atoms with van der Waals surface area (Å²) in [6, 6.07) is 4.94. The first kappa shape index (κ1) is 61.6. The molecule has 422 valence electrons. The molecule has 0 spiro atoms. The molecule has 3 aliphatic rings. The fourth-order valence-corrected chi connectivity index (χ4v) is 12.1. The van der Waals surface area contributed by atoms with Crippen LogP contribution in [0.4, 0.5) is 4.39 Å². The lowest BCUT2D eigenvalue weighted by Crippen LogP contribution is -2.62. The molecule has 5 N–H and O–H groups in total. The lowest BCUT2D eigenvalue weighted by molar-refractivity contribution is -0.302. The van der Waals surface area contributed by atoms with Gasteiger partial charge in [0.15, 0.2) is 6.29 Å². The van der Waals surface area contributed by atoms with Crippen LogP contribution in [-0.4, -0.2) is 213 Å². The molecule has 0 radical (unpaired) electrons. The minimum Gasteiger partial charge on any atom is -0.459 e. The minimum absolute atomic E-state index is 0.153. The van der Waals surface area contributed by atoms with E-state index in [9.17, 15) is 39.5 Å². The minimum atomic E-state index is -1.84. The van der Waals surface area contributed by atoms with Crippen molar-refractivity contribution in [2.45, 2.75) is 197 Å². The van der Waals surface area contributed by atoms with Crippen molar-refractivity contribution in [1.29, 1.82) is 0 Å². The molecule has 20 heteroatoms. The van der Waals surface area contributed by atoms with E-state index >= 15 is 0 Å². The van der Waals surface area contributed by atoms with Crippen LogP contribution >= 0.6 is 0 Å². The third-order valence-corrected chi connectivity index (χ3v) is 16.7. The Balaban J connectivity index is 1.44. The topological polar surface area (TPSA) is 231 Å². The molecule has 3 saturated heterocycles. The molecule has 0 bridgehead atoms. The van der Waals surface area contributed by atoms with E-state index in [1.165, 1.54) is 30.7 Å². The molecule has 2 aromatic rings. The number of alkyl halides is 1. The second-order valence-corrected chi connectivity index (χ2v) is 22.9. The number of aromatic nitrogens is 3. The molecule has 1 aromatic carbocycles. The number of esters is 1. The number of amides is 1. The fraction of sp³-hybridized carbons (Fsp3) is 0.815. The van der Waals surface area contributed by atoms with Gasteiger partial charge < -0.3 is 68.7 Å². The first-order chi connectivity index (χ1) is 34.6. The summed E-state index contributed by atoms with van der Waals surface area (Å²) in [5.74, 6) is -3.45. The van der Waals surface area contributed by atoms with Crippen molar-refractivity contribution in [3.63, 3.8) is 0 Å². The molecule has 0 saturated carbocycles. The predicted molar refractivity (Wildman–Crippen MR) is 275 cm³/mol. The Labute approximate surface area is 438 Å². The number of methoxy groups -OCH3 is 2. The smallest absolute Gasteiger partial charge is 0.309 e. The highest BCUT2D eigenvalue weighted by Crippen LogP contribution is 2.45. The van der Waals surface area contributed by atoms with Crippen molar-refractivity contribution in [2.24, 2.45) is 23.7 Å². The van der Waals surface area contributed by atoms with Crippen LogP contribution in [0.15, 0.2) is 30.5 Å². The molecule has 1 unspecified atom stereocenters. The van der Waals surface area contributed by atoms with Crippen molar-refractivity contribution < 1.29 is 67.9 Å². The van der Waals surface area contributed by atoms with Crippen LogP contribution in [0.5, 0.6) is 0 Å². The van der Waals surface area contributed by atoms with Crippen molar-refractivity contribution in [1.82, 2.24) is 29.7 Å². The Bertz CT molecular complexity index is 2100. The van der Waals surface area contributed by atoms with Crippen LogP contribution in [0.2, 0.25) is 0 Å². The Morgan fingerprint density at radius 3 is 2.20 bits per heavy atom. The average Bonchev–Trinajstić information content (AvgIpc) is 3.82. The van der Waals surface area contributed by atoms with Gasteiger partial charge in [0.1, 0.15) is 48.8 Å². The fourth-order valence-electron chi connectivity index (χ4n) is 12.1. The lowest BCUT2D eigenvalue weighted by Gasteiger charge is -2.51. The Morgan fingerprint density at radius 2 is 1.62 bits per heavy atom. The quantitative estimate of drug-likeness (QED) is 0.159. The number of ether oxygens (including phenoxy) is 6. The number of hydrogen-bond acceptors (Lipinski definition) is 17. The molecular formula is C54H91FN6O13. The SMILES string of the molecule is CC[C@H]1OC(=O)[C@H](C)[C@@H](C2C[C@@](C)(OC)[C@@H](O)[C@H](C)O2)[C@H](C)[C@@H](O[C@@H]2O[C@H](C)C[C@H](N(C)CCc3cn([C@H](CF)[C@H](OC)c4ccc(C(=O)N(C)C)cc4)nn3)[C@H]2O)[C@](C)(O)C[C@@H](C)CN(C)[C@H](C)[C@@H](O)[C@]1(C)O. The van der Waals surface area contributed by atoms with Crippen LogP contribution in [0.3, 0.4) is 0 Å². The summed E-state index contributed by atoms with van der Waals surface area (Å²) in [4.78, 5) is 32.5. The van der Waals surface area contributed by atoms with Gasteiger partial charge in [0.05, 0.1) is 47.2 Å². The third-order valence-electron chi connectivity index (χ3n) is 16.7. The number of aliphatic hydroxyl groups is 5. The van der Waals surface area contributed by atoms with Gasteiger partial charge in [-0.3, -0.25) is 9.59 Å². The molecule has 19 nitrogen and oxygen atoms in total. The molecule has 3 aliphatic heterocycles. The Morgan fingerprint density at radius 1 is 0.973 bits per heavy atom. The molecule has 1 aromatic heterocycles. The van der Waals surface area contributed by atoms with E-state index in [2.05, 4.69) is 10.3 Å². The van der Waals surface area contributed by atoms with Gasteiger partial charge in [-0.05, 0) is 104 Å². The van der Waals surface area contributed by atoms with Crippen LogP contribution in [-0.2, 0) is 39.6 Å². The van der Waals surface area contributed by atoms with E-state index in [0.29, 0.717) is 42.8 Å². The van der Waals surface area contributed by atoms with Gasteiger partial charge in [0.2, 0.25) is 0 Å². The number of benzene rings is 1. The zero-order valence-corrected chi connectivity index (χ0v) is 46.9. The van der Waals surface area contributed by atoms with Crippen LogP contribution in [0.1, 0.15) is 129 Å². The van der Waals surface area contributed by atoms with Gasteiger partial charge in [0.25, 0.3) is 5.91 Å². The molecule has 5 rings (SSSR count). The average molecular weight is 1050 g/mol. The van der Waals surface area contributed by atoms with Crippen molar-refractivity contribution in [2.75, 3.05) is 62.2 Å². The van der Waals surface area contributed by atoms with Crippen molar-refractivity contribution in [3.8, 4) is 0 Å². The van der Waals surface area contributed by atoms with E-state index in [0.717, 1.165) is 0 Å². The van der Waals surface area contributed by atoms with Gasteiger partial charge in [0, 0.05) is 84.0 Å². The summed E-state index contributed by atoms with van der Waals surface area (Å²) >= 11 is 0. The number of likely N-dealkylation sites (N-methyl/N-ethyl adjacent to an activating group) is 2. The van der Waals surface area contributed by atoms with Crippen molar-refractivity contribution >= 4 is 11.9 Å². The molecule has 20 atom stereocenters. The van der Waals surface area contributed by atoms with E-state index in [-0.39, 0.29) is 31.1 Å². The Kier molecular flexibility index (Phi) is 21.2.